The molecule has 14 nitrogen and oxygen atoms in total. The Hall–Kier alpha value is -2.07. The molecule has 1 aliphatic heterocycles. The van der Waals surface area contributed by atoms with Crippen molar-refractivity contribution in [2.24, 2.45) is 10.8 Å². The molecule has 0 aromatic carbocycles. The standard InChI is InChI=1S/C26H42N7O7PS2/c1-25(2,3)22(34)42-11-9-37-41(36,38-10-12-43-23(35)26(4,5)6)39-14-16-13-17(27)21(40-16)33-15-29-18-19(32(7)8)30-24(28)31-20(18)33/h15-16,21,27H,9-14H2,1-8H3,(H2,28,30,31)/t16-,21+/m0/s1. The van der Waals surface area contributed by atoms with Crippen LogP contribution in [0.3, 0.4) is 0 Å². The zero-order valence-electron chi connectivity index (χ0n) is 25.9. The highest BCUT2D eigenvalue weighted by molar-refractivity contribution is 8.14. The van der Waals surface area contributed by atoms with E-state index in [1.54, 1.807) is 9.47 Å². The van der Waals surface area contributed by atoms with Gasteiger partial charge in [-0.25, -0.2) is 9.55 Å². The molecule has 0 spiro atoms. The minimum absolute atomic E-state index is 0.0227. The molecule has 3 N–H and O–H groups in total. The number of ether oxygens (including phenoxy) is 1. The second kappa shape index (κ2) is 14.4. The second-order valence-electron chi connectivity index (χ2n) is 12.1. The van der Waals surface area contributed by atoms with Crippen molar-refractivity contribution in [3.05, 3.63) is 6.33 Å². The number of nitrogens with two attached hydrogens (primary N) is 1. The van der Waals surface area contributed by atoms with E-state index in [1.165, 1.54) is 6.33 Å². The van der Waals surface area contributed by atoms with Crippen molar-refractivity contribution in [3.8, 4) is 0 Å². The van der Waals surface area contributed by atoms with E-state index in [0.29, 0.717) is 17.0 Å². The molecule has 2 atom stereocenters. The third kappa shape index (κ3) is 9.71. The maximum Gasteiger partial charge on any atom is 0.474 e. The molecule has 2 aromatic rings. The number of hydrogen-bond donors (Lipinski definition) is 2. The number of anilines is 2. The lowest BCUT2D eigenvalue weighted by Gasteiger charge is -2.21. The van der Waals surface area contributed by atoms with Crippen molar-refractivity contribution in [1.29, 1.82) is 5.41 Å². The minimum atomic E-state index is -4.10. The summed E-state index contributed by atoms with van der Waals surface area (Å²) in [7, 11) is -0.474. The molecule has 0 bridgehead atoms. The third-order valence-corrected chi connectivity index (χ3v) is 9.89. The van der Waals surface area contributed by atoms with Gasteiger partial charge < -0.3 is 20.8 Å². The number of nitrogens with zero attached hydrogens (tertiary/aromatic N) is 5. The Morgan fingerprint density at radius 2 is 1.63 bits per heavy atom. The summed E-state index contributed by atoms with van der Waals surface area (Å²) in [6.45, 7) is 10.6. The highest BCUT2D eigenvalue weighted by Crippen LogP contribution is 2.50. The summed E-state index contributed by atoms with van der Waals surface area (Å²) in [6.07, 6.45) is 0.232. The minimum Gasteiger partial charge on any atom is -0.368 e. The van der Waals surface area contributed by atoms with Gasteiger partial charge in [0.15, 0.2) is 33.4 Å². The molecule has 1 fully saturated rings. The molecule has 0 unspecified atom stereocenters. The van der Waals surface area contributed by atoms with Crippen molar-refractivity contribution in [2.45, 2.75) is 60.3 Å². The summed E-state index contributed by atoms with van der Waals surface area (Å²) in [6, 6.07) is 0. The van der Waals surface area contributed by atoms with Crippen molar-refractivity contribution < 1.29 is 32.5 Å². The number of nitrogens with one attached hydrogen (secondary N) is 1. The topological polar surface area (TPSA) is 185 Å². The van der Waals surface area contributed by atoms with E-state index in [4.69, 9.17) is 29.5 Å². The van der Waals surface area contributed by atoms with E-state index in [1.807, 2.05) is 55.6 Å². The molecule has 0 amide bonds. The van der Waals surface area contributed by atoms with Crippen LogP contribution in [0.15, 0.2) is 6.33 Å². The number of carbonyl (C=O) groups is 2. The van der Waals surface area contributed by atoms with Crippen LogP contribution < -0.4 is 10.6 Å². The van der Waals surface area contributed by atoms with Gasteiger partial charge in [-0.3, -0.25) is 27.7 Å². The lowest BCUT2D eigenvalue weighted by molar-refractivity contribution is -0.118. The fourth-order valence-corrected chi connectivity index (χ4v) is 6.70. The Bertz CT molecular complexity index is 1340. The first-order valence-electron chi connectivity index (χ1n) is 13.7. The monoisotopic (exact) mass is 659 g/mol. The molecule has 3 rings (SSSR count). The maximum absolute atomic E-state index is 13.5. The van der Waals surface area contributed by atoms with E-state index in [0.717, 1.165) is 23.5 Å². The Kier molecular flexibility index (Phi) is 11.8. The highest BCUT2D eigenvalue weighted by Gasteiger charge is 2.37. The highest BCUT2D eigenvalue weighted by atomic mass is 32.2. The van der Waals surface area contributed by atoms with Gasteiger partial charge in [0.1, 0.15) is 0 Å². The fourth-order valence-electron chi connectivity index (χ4n) is 3.68. The van der Waals surface area contributed by atoms with Crippen LogP contribution in [0, 0.1) is 16.2 Å². The molecule has 2 aromatic heterocycles. The van der Waals surface area contributed by atoms with E-state index >= 15 is 0 Å². The van der Waals surface area contributed by atoms with Crippen LogP contribution in [0.5, 0.6) is 0 Å². The van der Waals surface area contributed by atoms with E-state index < -0.39 is 31.0 Å². The number of aromatic nitrogens is 4. The lowest BCUT2D eigenvalue weighted by Crippen LogP contribution is -2.19. The van der Waals surface area contributed by atoms with Crippen LogP contribution in [0.2, 0.25) is 0 Å². The summed E-state index contributed by atoms with van der Waals surface area (Å²) in [5.74, 6) is 1.10. The number of phosphoric ester groups is 1. The van der Waals surface area contributed by atoms with Gasteiger partial charge in [-0.2, -0.15) is 9.97 Å². The molecule has 0 saturated carbocycles. The fraction of sp³-hybridized carbons (Fsp3) is 0.692. The Morgan fingerprint density at radius 3 is 2.14 bits per heavy atom. The number of fused-ring (bicyclic) bond motifs is 1. The number of phosphoric acid groups is 1. The molecule has 0 aliphatic carbocycles. The predicted molar refractivity (Wildman–Crippen MR) is 170 cm³/mol. The number of nitrogen functional groups attached to an aromatic ring is 1. The Morgan fingerprint density at radius 1 is 1.07 bits per heavy atom. The molecule has 3 heterocycles. The van der Waals surface area contributed by atoms with Gasteiger partial charge in [-0.05, 0) is 0 Å². The second-order valence-corrected chi connectivity index (χ2v) is 15.9. The van der Waals surface area contributed by atoms with Crippen LogP contribution in [0.25, 0.3) is 11.2 Å². The van der Waals surface area contributed by atoms with Gasteiger partial charge in [-0.15, -0.1) is 0 Å². The first-order valence-corrected chi connectivity index (χ1v) is 17.1. The van der Waals surface area contributed by atoms with Crippen LogP contribution >= 0.6 is 31.3 Å². The number of rotatable bonds is 13. The van der Waals surface area contributed by atoms with E-state index in [2.05, 4.69) is 15.0 Å². The van der Waals surface area contributed by atoms with Crippen molar-refractivity contribution in [2.75, 3.05) is 56.1 Å². The van der Waals surface area contributed by atoms with Gasteiger partial charge in [0.05, 0.1) is 38.0 Å². The quantitative estimate of drug-likeness (QED) is 0.225. The average molecular weight is 660 g/mol. The molecular formula is C26H42N7O7PS2. The summed E-state index contributed by atoms with van der Waals surface area (Å²) < 4.78 is 38.0. The largest absolute Gasteiger partial charge is 0.474 e. The summed E-state index contributed by atoms with van der Waals surface area (Å²) in [4.78, 5) is 39.2. The van der Waals surface area contributed by atoms with Crippen molar-refractivity contribution in [3.63, 3.8) is 0 Å². The maximum atomic E-state index is 13.5. The van der Waals surface area contributed by atoms with Crippen LogP contribution in [0.4, 0.5) is 11.8 Å². The molecule has 1 saturated heterocycles. The number of imidazole rings is 1. The van der Waals surface area contributed by atoms with Gasteiger partial charge >= 0.3 is 7.82 Å². The Balaban J connectivity index is 1.65. The van der Waals surface area contributed by atoms with Gasteiger partial charge in [-0.1, -0.05) is 65.1 Å². The molecule has 0 radical (unpaired) electrons. The lowest BCUT2D eigenvalue weighted by atomic mass is 9.99. The third-order valence-electron chi connectivity index (χ3n) is 5.94. The molecular weight excluding hydrogens is 617 g/mol. The first-order chi connectivity index (χ1) is 19.9. The van der Waals surface area contributed by atoms with Gasteiger partial charge in [0, 0.05) is 42.9 Å². The predicted octanol–water partition coefficient (Wildman–Crippen LogP) is 4.55. The molecule has 43 heavy (non-hydrogen) atoms. The number of carbonyl (C=O) groups excluding carboxylic acids is 2. The summed E-state index contributed by atoms with van der Waals surface area (Å²) in [5, 5.41) is 8.51. The molecule has 1 aliphatic rings. The normalized spacial score (nSPS) is 18.0. The average Bonchev–Trinajstić information content (AvgIpc) is 3.48. The van der Waals surface area contributed by atoms with Crippen molar-refractivity contribution in [1.82, 2.24) is 19.5 Å². The van der Waals surface area contributed by atoms with Crippen LogP contribution in [-0.2, 0) is 32.5 Å². The van der Waals surface area contributed by atoms with E-state index in [9.17, 15) is 14.2 Å². The van der Waals surface area contributed by atoms with Gasteiger partial charge in [0.2, 0.25) is 5.95 Å². The zero-order chi connectivity index (χ0) is 32.2. The van der Waals surface area contributed by atoms with Crippen LogP contribution in [-0.4, -0.2) is 87.0 Å². The van der Waals surface area contributed by atoms with Crippen LogP contribution in [0.1, 0.15) is 54.2 Å². The summed E-state index contributed by atoms with van der Waals surface area (Å²) >= 11 is 2.15. The molecule has 240 valence electrons. The smallest absolute Gasteiger partial charge is 0.368 e. The zero-order valence-corrected chi connectivity index (χ0v) is 28.4. The van der Waals surface area contributed by atoms with Crippen molar-refractivity contribution >= 4 is 70.2 Å². The first kappa shape index (κ1) is 35.4. The van der Waals surface area contributed by atoms with Gasteiger partial charge in [0.25, 0.3) is 0 Å². The molecule has 17 heteroatoms. The Labute approximate surface area is 260 Å². The summed E-state index contributed by atoms with van der Waals surface area (Å²) in [5.41, 5.74) is 6.03. The van der Waals surface area contributed by atoms with E-state index in [-0.39, 0.29) is 59.6 Å². The number of thioether (sulfide) groups is 2. The SMILES string of the molecule is CN(C)c1nc(N)nc2c1ncn2[C@@H]1O[C@H](COP(=O)(OCCSC(=O)C(C)(C)C)OCCSC(=O)C(C)(C)C)CC1=N. The number of hydrogen-bond acceptors (Lipinski definition) is 15.